The summed E-state index contributed by atoms with van der Waals surface area (Å²) in [5, 5.41) is 2.91. The van der Waals surface area contributed by atoms with Crippen LogP contribution in [0.5, 0.6) is 0 Å². The van der Waals surface area contributed by atoms with E-state index in [2.05, 4.69) is 19.2 Å². The Morgan fingerprint density at radius 2 is 2.10 bits per heavy atom. The van der Waals surface area contributed by atoms with Crippen molar-refractivity contribution in [3.05, 3.63) is 0 Å². The van der Waals surface area contributed by atoms with Crippen molar-refractivity contribution in [1.29, 1.82) is 0 Å². The zero-order chi connectivity index (χ0) is 7.56. The minimum atomic E-state index is 0.219. The van der Waals surface area contributed by atoms with E-state index >= 15 is 0 Å². The molecule has 1 unspecified atom stereocenters. The number of hydrogen-bond acceptors (Lipinski definition) is 1. The van der Waals surface area contributed by atoms with Crippen molar-refractivity contribution in [1.82, 2.24) is 5.32 Å². The highest BCUT2D eigenvalue weighted by Gasteiger charge is 2.30. The second-order valence-corrected chi connectivity index (χ2v) is 2.95. The number of hydrogen-bond donors (Lipinski definition) is 1. The van der Waals surface area contributed by atoms with Crippen molar-refractivity contribution in [3.8, 4) is 0 Å². The summed E-state index contributed by atoms with van der Waals surface area (Å²) in [5.74, 6) is 0.926. The van der Waals surface area contributed by atoms with Gasteiger partial charge >= 0.3 is 0 Å². The maximum absolute atomic E-state index is 10.5. The average Bonchev–Trinajstić information content (AvgIpc) is 1.87. The van der Waals surface area contributed by atoms with Crippen LogP contribution in [0, 0.1) is 5.92 Å². The van der Waals surface area contributed by atoms with Gasteiger partial charge in [-0.05, 0) is 5.92 Å². The zero-order valence-electron chi connectivity index (χ0n) is 6.68. The molecular weight excluding hydrogens is 126 g/mol. The first-order valence-corrected chi connectivity index (χ1v) is 4.07. The highest BCUT2D eigenvalue weighted by atomic mass is 16.2. The number of amides is 1. The molecule has 0 aromatic rings. The molecule has 1 atom stereocenters. The summed E-state index contributed by atoms with van der Waals surface area (Å²) in [6.45, 7) is 4.36. The van der Waals surface area contributed by atoms with Gasteiger partial charge in [0.15, 0.2) is 0 Å². The van der Waals surface area contributed by atoms with Crippen LogP contribution in [0.3, 0.4) is 0 Å². The molecule has 0 spiro atoms. The van der Waals surface area contributed by atoms with Crippen LogP contribution in [0.4, 0.5) is 0 Å². The van der Waals surface area contributed by atoms with E-state index in [4.69, 9.17) is 0 Å². The Hall–Kier alpha value is -0.530. The lowest BCUT2D eigenvalue weighted by atomic mass is 9.87. The van der Waals surface area contributed by atoms with Gasteiger partial charge in [-0.1, -0.05) is 26.7 Å². The van der Waals surface area contributed by atoms with Gasteiger partial charge in [0.1, 0.15) is 0 Å². The molecule has 1 fully saturated rings. The van der Waals surface area contributed by atoms with Crippen LogP contribution in [0.25, 0.3) is 0 Å². The second-order valence-electron chi connectivity index (χ2n) is 2.95. The van der Waals surface area contributed by atoms with Crippen LogP contribution in [-0.4, -0.2) is 11.9 Å². The Labute approximate surface area is 62.0 Å². The SMILES string of the molecule is CCC(CC)C1CC(=O)N1. The normalized spacial score (nSPS) is 24.3. The van der Waals surface area contributed by atoms with Gasteiger partial charge < -0.3 is 5.32 Å². The number of carbonyl (C=O) groups is 1. The molecule has 1 aliphatic rings. The van der Waals surface area contributed by atoms with Crippen molar-refractivity contribution in [2.75, 3.05) is 0 Å². The molecule has 0 aliphatic carbocycles. The molecule has 0 bridgehead atoms. The summed E-state index contributed by atoms with van der Waals surface area (Å²) >= 11 is 0. The van der Waals surface area contributed by atoms with E-state index in [0.717, 1.165) is 6.42 Å². The van der Waals surface area contributed by atoms with Crippen LogP contribution in [-0.2, 0) is 4.79 Å². The van der Waals surface area contributed by atoms with Crippen molar-refractivity contribution in [2.24, 2.45) is 5.92 Å². The summed E-state index contributed by atoms with van der Waals surface area (Å²) in [6, 6.07) is 0.488. The third-order valence-corrected chi connectivity index (χ3v) is 2.37. The fraction of sp³-hybridized carbons (Fsp3) is 0.875. The summed E-state index contributed by atoms with van der Waals surface area (Å²) in [5.41, 5.74) is 0. The third-order valence-electron chi connectivity index (χ3n) is 2.37. The molecule has 1 amide bonds. The van der Waals surface area contributed by atoms with Gasteiger partial charge in [-0.15, -0.1) is 0 Å². The van der Waals surface area contributed by atoms with E-state index in [1.165, 1.54) is 12.8 Å². The highest BCUT2D eigenvalue weighted by molar-refractivity contribution is 5.82. The van der Waals surface area contributed by atoms with Crippen LogP contribution in [0.1, 0.15) is 33.1 Å². The summed E-state index contributed by atoms with van der Waals surface area (Å²) in [4.78, 5) is 10.5. The third kappa shape index (κ3) is 1.31. The van der Waals surface area contributed by atoms with E-state index in [1.54, 1.807) is 0 Å². The maximum atomic E-state index is 10.5. The Kier molecular flexibility index (Phi) is 2.30. The lowest BCUT2D eigenvalue weighted by molar-refractivity contribution is -0.129. The first-order chi connectivity index (χ1) is 4.77. The first kappa shape index (κ1) is 7.58. The number of β-lactam (4-membered cyclic amide) rings is 1. The average molecular weight is 141 g/mol. The van der Waals surface area contributed by atoms with Crippen molar-refractivity contribution < 1.29 is 4.79 Å². The molecular formula is C8H15NO. The van der Waals surface area contributed by atoms with Crippen LogP contribution >= 0.6 is 0 Å². The molecule has 1 N–H and O–H groups in total. The van der Waals surface area contributed by atoms with Gasteiger partial charge in [-0.2, -0.15) is 0 Å². The number of carbonyl (C=O) groups excluding carboxylic acids is 1. The van der Waals surface area contributed by atoms with E-state index in [0.29, 0.717) is 12.0 Å². The predicted octanol–water partition coefficient (Wildman–Crippen LogP) is 1.31. The second kappa shape index (κ2) is 3.04. The van der Waals surface area contributed by atoms with Crippen LogP contribution in [0.2, 0.25) is 0 Å². The van der Waals surface area contributed by atoms with E-state index in [1.807, 2.05) is 0 Å². The summed E-state index contributed by atoms with van der Waals surface area (Å²) in [7, 11) is 0. The Bertz CT molecular complexity index is 121. The molecule has 2 heteroatoms. The Morgan fingerprint density at radius 1 is 1.60 bits per heavy atom. The van der Waals surface area contributed by atoms with E-state index in [-0.39, 0.29) is 5.91 Å². The van der Waals surface area contributed by atoms with Gasteiger partial charge in [0.05, 0.1) is 0 Å². The van der Waals surface area contributed by atoms with Gasteiger partial charge in [0, 0.05) is 12.5 Å². The first-order valence-electron chi connectivity index (χ1n) is 4.07. The van der Waals surface area contributed by atoms with Gasteiger partial charge in [0.2, 0.25) is 5.91 Å². The molecule has 10 heavy (non-hydrogen) atoms. The minimum absolute atomic E-state index is 0.219. The largest absolute Gasteiger partial charge is 0.353 e. The van der Waals surface area contributed by atoms with Crippen molar-refractivity contribution in [3.63, 3.8) is 0 Å². The lowest BCUT2D eigenvalue weighted by Gasteiger charge is -2.33. The molecule has 2 nitrogen and oxygen atoms in total. The molecule has 1 aliphatic heterocycles. The van der Waals surface area contributed by atoms with Gasteiger partial charge in [-0.3, -0.25) is 4.79 Å². The number of nitrogens with one attached hydrogen (secondary N) is 1. The lowest BCUT2D eigenvalue weighted by Crippen LogP contribution is -2.52. The Morgan fingerprint density at radius 3 is 2.40 bits per heavy atom. The summed E-state index contributed by atoms with van der Waals surface area (Å²) < 4.78 is 0. The monoisotopic (exact) mass is 141 g/mol. The maximum Gasteiger partial charge on any atom is 0.222 e. The number of rotatable bonds is 3. The van der Waals surface area contributed by atoms with E-state index in [9.17, 15) is 4.79 Å². The minimum Gasteiger partial charge on any atom is -0.353 e. The quantitative estimate of drug-likeness (QED) is 0.590. The van der Waals surface area contributed by atoms with Gasteiger partial charge in [0.25, 0.3) is 0 Å². The molecule has 1 saturated heterocycles. The molecule has 0 aromatic heterocycles. The van der Waals surface area contributed by atoms with Crippen molar-refractivity contribution >= 4 is 5.91 Å². The van der Waals surface area contributed by atoms with Crippen molar-refractivity contribution in [2.45, 2.75) is 39.2 Å². The fourth-order valence-corrected chi connectivity index (χ4v) is 1.53. The fourth-order valence-electron chi connectivity index (χ4n) is 1.53. The standard InChI is InChI=1S/C8H15NO/c1-3-6(4-2)7-5-8(10)9-7/h6-7H,3-5H2,1-2H3,(H,9,10). The van der Waals surface area contributed by atoms with E-state index < -0.39 is 0 Å². The zero-order valence-corrected chi connectivity index (χ0v) is 6.68. The molecule has 58 valence electrons. The highest BCUT2D eigenvalue weighted by Crippen LogP contribution is 2.20. The van der Waals surface area contributed by atoms with Gasteiger partial charge in [-0.25, -0.2) is 0 Å². The molecule has 1 heterocycles. The van der Waals surface area contributed by atoms with Crippen LogP contribution < -0.4 is 5.32 Å². The Balaban J connectivity index is 2.27. The predicted molar refractivity (Wildman–Crippen MR) is 40.6 cm³/mol. The molecule has 0 saturated carbocycles. The molecule has 0 radical (unpaired) electrons. The van der Waals surface area contributed by atoms with Crippen LogP contribution in [0.15, 0.2) is 0 Å². The summed E-state index contributed by atoms with van der Waals surface area (Å²) in [6.07, 6.45) is 3.12. The molecule has 0 aromatic carbocycles. The molecule has 1 rings (SSSR count). The smallest absolute Gasteiger partial charge is 0.222 e. The topological polar surface area (TPSA) is 29.1 Å².